The molecular formula is C17H19NO5. The highest BCUT2D eigenvalue weighted by atomic mass is 16.5. The second kappa shape index (κ2) is 7.09. The third kappa shape index (κ3) is 3.97. The zero-order valence-electron chi connectivity index (χ0n) is 13.3. The monoisotopic (exact) mass is 317 g/mol. The van der Waals surface area contributed by atoms with Gasteiger partial charge in [-0.05, 0) is 24.5 Å². The van der Waals surface area contributed by atoms with Crippen molar-refractivity contribution in [3.8, 4) is 0 Å². The minimum absolute atomic E-state index is 0.133. The first kappa shape index (κ1) is 16.7. The van der Waals surface area contributed by atoms with E-state index in [0.29, 0.717) is 17.4 Å². The van der Waals surface area contributed by atoms with Crippen molar-refractivity contribution in [2.75, 3.05) is 7.11 Å². The van der Waals surface area contributed by atoms with Gasteiger partial charge < -0.3 is 14.5 Å². The molecule has 0 fully saturated rings. The number of ether oxygens (including phenoxy) is 1. The molecule has 6 nitrogen and oxygen atoms in total. The summed E-state index contributed by atoms with van der Waals surface area (Å²) < 4.78 is 10.2. The number of methoxy groups -OCH3 is 1. The van der Waals surface area contributed by atoms with Gasteiger partial charge in [0.1, 0.15) is 11.6 Å². The minimum atomic E-state index is -0.788. The van der Waals surface area contributed by atoms with Gasteiger partial charge in [-0.2, -0.15) is 0 Å². The maximum atomic E-state index is 12.3. The number of amides is 1. The van der Waals surface area contributed by atoms with Crippen molar-refractivity contribution in [1.29, 1.82) is 0 Å². The highest BCUT2D eigenvalue weighted by Crippen LogP contribution is 2.13. The summed E-state index contributed by atoms with van der Waals surface area (Å²) >= 11 is 0. The number of carbonyl (C=O) groups is 2. The van der Waals surface area contributed by atoms with Gasteiger partial charge in [-0.25, -0.2) is 4.79 Å². The lowest BCUT2D eigenvalue weighted by atomic mass is 10.0. The van der Waals surface area contributed by atoms with Crippen molar-refractivity contribution in [2.24, 2.45) is 5.92 Å². The molecule has 0 bridgehead atoms. The summed E-state index contributed by atoms with van der Waals surface area (Å²) in [6.45, 7) is 3.86. The van der Waals surface area contributed by atoms with Crippen LogP contribution in [-0.2, 0) is 9.53 Å². The molecule has 0 spiro atoms. The van der Waals surface area contributed by atoms with Crippen LogP contribution in [0.4, 0.5) is 0 Å². The standard InChI is InChI=1S/C17H19NO5/c1-10(2)8-12(17(21)22-3)18-16(20)15-9-13(19)11-6-4-5-7-14(11)23-15/h4-7,9-10,12H,8H2,1-3H3,(H,18,20)/t12-/m1/s1. The van der Waals surface area contributed by atoms with E-state index in [4.69, 9.17) is 9.15 Å². The predicted octanol–water partition coefficient (Wildman–Crippen LogP) is 2.11. The first-order valence-electron chi connectivity index (χ1n) is 7.34. The van der Waals surface area contributed by atoms with E-state index in [1.54, 1.807) is 24.3 Å². The van der Waals surface area contributed by atoms with Crippen LogP contribution in [0.5, 0.6) is 0 Å². The van der Waals surface area contributed by atoms with Gasteiger partial charge in [0, 0.05) is 6.07 Å². The number of esters is 1. The van der Waals surface area contributed by atoms with E-state index in [2.05, 4.69) is 5.32 Å². The fourth-order valence-electron chi connectivity index (χ4n) is 2.27. The van der Waals surface area contributed by atoms with Gasteiger partial charge in [0.05, 0.1) is 12.5 Å². The van der Waals surface area contributed by atoms with E-state index >= 15 is 0 Å². The van der Waals surface area contributed by atoms with E-state index < -0.39 is 17.9 Å². The topological polar surface area (TPSA) is 85.6 Å². The Bertz CT molecular complexity index is 778. The van der Waals surface area contributed by atoms with Crippen LogP contribution in [0.25, 0.3) is 11.0 Å². The third-order valence-corrected chi connectivity index (χ3v) is 3.36. The van der Waals surface area contributed by atoms with E-state index in [1.165, 1.54) is 7.11 Å². The van der Waals surface area contributed by atoms with Crippen molar-refractivity contribution in [3.63, 3.8) is 0 Å². The lowest BCUT2D eigenvalue weighted by Gasteiger charge is -2.17. The molecule has 1 aromatic carbocycles. The van der Waals surface area contributed by atoms with Crippen LogP contribution in [0.15, 0.2) is 39.5 Å². The molecule has 6 heteroatoms. The number of hydrogen-bond acceptors (Lipinski definition) is 5. The van der Waals surface area contributed by atoms with Crippen molar-refractivity contribution in [3.05, 3.63) is 46.3 Å². The van der Waals surface area contributed by atoms with Crippen LogP contribution in [0.1, 0.15) is 30.8 Å². The molecule has 0 aliphatic rings. The normalized spacial score (nSPS) is 12.2. The number of hydrogen-bond donors (Lipinski definition) is 1. The van der Waals surface area contributed by atoms with Crippen LogP contribution >= 0.6 is 0 Å². The Labute approximate surface area is 133 Å². The molecule has 23 heavy (non-hydrogen) atoms. The summed E-state index contributed by atoms with van der Waals surface area (Å²) in [5, 5.41) is 2.96. The quantitative estimate of drug-likeness (QED) is 0.854. The smallest absolute Gasteiger partial charge is 0.328 e. The fraction of sp³-hybridized carbons (Fsp3) is 0.353. The molecule has 0 aliphatic heterocycles. The zero-order valence-corrected chi connectivity index (χ0v) is 13.3. The van der Waals surface area contributed by atoms with Crippen molar-refractivity contribution in [2.45, 2.75) is 26.3 Å². The van der Waals surface area contributed by atoms with Gasteiger partial charge in [0.25, 0.3) is 5.91 Å². The maximum Gasteiger partial charge on any atom is 0.328 e. The molecule has 0 unspecified atom stereocenters. The molecular weight excluding hydrogens is 298 g/mol. The molecule has 1 N–H and O–H groups in total. The Kier molecular flexibility index (Phi) is 5.16. The summed E-state index contributed by atoms with van der Waals surface area (Å²) in [4.78, 5) is 36.1. The molecule has 0 radical (unpaired) electrons. The average molecular weight is 317 g/mol. The third-order valence-electron chi connectivity index (χ3n) is 3.36. The van der Waals surface area contributed by atoms with Crippen LogP contribution < -0.4 is 10.7 Å². The molecule has 1 aromatic heterocycles. The molecule has 1 amide bonds. The average Bonchev–Trinajstić information content (AvgIpc) is 2.53. The lowest BCUT2D eigenvalue weighted by molar-refractivity contribution is -0.143. The van der Waals surface area contributed by atoms with E-state index in [0.717, 1.165) is 6.07 Å². The summed E-state index contributed by atoms with van der Waals surface area (Å²) in [5.74, 6) is -1.10. The highest BCUT2D eigenvalue weighted by molar-refractivity contribution is 5.95. The van der Waals surface area contributed by atoms with Gasteiger partial charge in [-0.3, -0.25) is 9.59 Å². The Morgan fingerprint density at radius 1 is 1.26 bits per heavy atom. The molecule has 2 rings (SSSR count). The molecule has 0 saturated carbocycles. The van der Waals surface area contributed by atoms with Crippen molar-refractivity contribution < 1.29 is 18.7 Å². The van der Waals surface area contributed by atoms with Gasteiger partial charge in [-0.15, -0.1) is 0 Å². The summed E-state index contributed by atoms with van der Waals surface area (Å²) in [6.07, 6.45) is 0.427. The summed E-state index contributed by atoms with van der Waals surface area (Å²) in [7, 11) is 1.26. The lowest BCUT2D eigenvalue weighted by Crippen LogP contribution is -2.42. The predicted molar refractivity (Wildman–Crippen MR) is 85.2 cm³/mol. The Balaban J connectivity index is 2.28. The highest BCUT2D eigenvalue weighted by Gasteiger charge is 2.24. The van der Waals surface area contributed by atoms with Gasteiger partial charge in [0.15, 0.2) is 11.2 Å². The first-order chi connectivity index (χ1) is 10.9. The number of para-hydroxylation sites is 1. The molecule has 0 saturated heterocycles. The van der Waals surface area contributed by atoms with Crippen LogP contribution in [0.2, 0.25) is 0 Å². The Morgan fingerprint density at radius 3 is 2.61 bits per heavy atom. The fourth-order valence-corrected chi connectivity index (χ4v) is 2.27. The molecule has 2 aromatic rings. The molecule has 122 valence electrons. The Morgan fingerprint density at radius 2 is 1.96 bits per heavy atom. The van der Waals surface area contributed by atoms with Crippen molar-refractivity contribution in [1.82, 2.24) is 5.32 Å². The largest absolute Gasteiger partial charge is 0.467 e. The summed E-state index contributed by atoms with van der Waals surface area (Å²) in [6, 6.07) is 7.00. The number of carbonyl (C=O) groups excluding carboxylic acids is 2. The van der Waals surface area contributed by atoms with Crippen LogP contribution in [0.3, 0.4) is 0 Å². The van der Waals surface area contributed by atoms with Crippen LogP contribution in [-0.4, -0.2) is 25.0 Å². The van der Waals surface area contributed by atoms with E-state index in [1.807, 2.05) is 13.8 Å². The molecule has 1 heterocycles. The van der Waals surface area contributed by atoms with E-state index in [9.17, 15) is 14.4 Å². The number of fused-ring (bicyclic) bond motifs is 1. The van der Waals surface area contributed by atoms with Gasteiger partial charge in [-0.1, -0.05) is 26.0 Å². The van der Waals surface area contributed by atoms with Gasteiger partial charge in [0.2, 0.25) is 0 Å². The summed E-state index contributed by atoms with van der Waals surface area (Å²) in [5.41, 5.74) is 0.0131. The Hall–Kier alpha value is -2.63. The van der Waals surface area contributed by atoms with E-state index in [-0.39, 0.29) is 17.1 Å². The minimum Gasteiger partial charge on any atom is -0.467 e. The van der Waals surface area contributed by atoms with Crippen molar-refractivity contribution >= 4 is 22.8 Å². The van der Waals surface area contributed by atoms with Crippen LogP contribution in [0, 0.1) is 5.92 Å². The SMILES string of the molecule is COC(=O)[C@@H](CC(C)C)NC(=O)c1cc(=O)c2ccccc2o1. The number of nitrogens with one attached hydrogen (secondary N) is 1. The maximum absolute atomic E-state index is 12.3. The molecule has 0 aliphatic carbocycles. The number of rotatable bonds is 5. The second-order valence-electron chi connectivity index (χ2n) is 5.65. The van der Waals surface area contributed by atoms with Gasteiger partial charge >= 0.3 is 5.97 Å². The second-order valence-corrected chi connectivity index (χ2v) is 5.65. The first-order valence-corrected chi connectivity index (χ1v) is 7.34. The molecule has 1 atom stereocenters. The zero-order chi connectivity index (χ0) is 17.0. The number of benzene rings is 1.